The van der Waals surface area contributed by atoms with Gasteiger partial charge in [0, 0.05) is 32.4 Å². The molecule has 1 aliphatic heterocycles. The molecule has 0 saturated carbocycles. The van der Waals surface area contributed by atoms with E-state index in [1.165, 1.54) is 0 Å². The van der Waals surface area contributed by atoms with Crippen molar-refractivity contribution in [2.45, 2.75) is 24.4 Å². The van der Waals surface area contributed by atoms with Crippen LogP contribution in [0.5, 0.6) is 0 Å². The number of nitrogens with zero attached hydrogens (tertiary/aromatic N) is 3. The molecule has 0 spiro atoms. The molecule has 0 amide bonds. The molecule has 0 aliphatic carbocycles. The van der Waals surface area contributed by atoms with E-state index < -0.39 is 33.3 Å². The van der Waals surface area contributed by atoms with Gasteiger partial charge < -0.3 is 14.9 Å². The number of hydrogen-bond donors (Lipinski definition) is 2. The lowest BCUT2D eigenvalue weighted by molar-refractivity contribution is -0.137. The number of aromatic nitrogens is 1. The summed E-state index contributed by atoms with van der Waals surface area (Å²) in [4.78, 5) is 6.96. The molecule has 2 heterocycles. The molecule has 0 atom stereocenters. The Morgan fingerprint density at radius 1 is 1.27 bits per heavy atom. The van der Waals surface area contributed by atoms with Gasteiger partial charge in [0.25, 0.3) is 0 Å². The van der Waals surface area contributed by atoms with Gasteiger partial charge >= 0.3 is 6.18 Å². The Hall–Kier alpha value is -1.43. The van der Waals surface area contributed by atoms with Crippen molar-refractivity contribution in [2.75, 3.05) is 50.8 Å². The van der Waals surface area contributed by atoms with Gasteiger partial charge in [0.15, 0.2) is 0 Å². The Morgan fingerprint density at radius 3 is 2.62 bits per heavy atom. The Morgan fingerprint density at radius 2 is 2.00 bits per heavy atom. The second kappa shape index (κ2) is 8.51. The normalized spacial score (nSPS) is 17.3. The van der Waals surface area contributed by atoms with E-state index in [9.17, 15) is 21.6 Å². The van der Waals surface area contributed by atoms with Crippen LogP contribution in [0.2, 0.25) is 0 Å². The molecule has 2 N–H and O–H groups in total. The van der Waals surface area contributed by atoms with Gasteiger partial charge in [-0.25, -0.2) is 18.1 Å². The summed E-state index contributed by atoms with van der Waals surface area (Å²) < 4.78 is 66.7. The van der Waals surface area contributed by atoms with Crippen LogP contribution in [0, 0.1) is 0 Å². The van der Waals surface area contributed by atoms with Gasteiger partial charge in [-0.3, -0.25) is 0 Å². The average Bonchev–Trinajstić information content (AvgIpc) is 2.84. The van der Waals surface area contributed by atoms with Gasteiger partial charge in [-0.2, -0.15) is 13.2 Å². The first-order valence-corrected chi connectivity index (χ1v) is 9.82. The lowest BCUT2D eigenvalue weighted by Gasteiger charge is -2.25. The standard InChI is InChI=1S/C15H23F3N4O3S/c1-2-21-5-3-6-22(8-7-21)14-13(15(16,17)18)10-12(11-19-14)26(24,25)20-4-9-23/h10-11,20,23H,2-9H2,1H3. The van der Waals surface area contributed by atoms with Crippen LogP contribution in [0.1, 0.15) is 18.9 Å². The number of pyridine rings is 1. The molecule has 7 nitrogen and oxygen atoms in total. The number of sulfonamides is 1. The van der Waals surface area contributed by atoms with Crippen LogP contribution in [-0.4, -0.2) is 69.3 Å². The van der Waals surface area contributed by atoms with Crippen molar-refractivity contribution < 1.29 is 26.7 Å². The third-order valence-corrected chi connectivity index (χ3v) is 5.62. The number of nitrogens with one attached hydrogen (secondary N) is 1. The minimum absolute atomic E-state index is 0.253. The second-order valence-corrected chi connectivity index (χ2v) is 7.70. The van der Waals surface area contributed by atoms with Gasteiger partial charge in [-0.15, -0.1) is 0 Å². The highest BCUT2D eigenvalue weighted by molar-refractivity contribution is 7.89. The zero-order valence-corrected chi connectivity index (χ0v) is 15.3. The van der Waals surface area contributed by atoms with Crippen molar-refractivity contribution in [3.05, 3.63) is 17.8 Å². The quantitative estimate of drug-likeness (QED) is 0.743. The van der Waals surface area contributed by atoms with Crippen molar-refractivity contribution in [3.63, 3.8) is 0 Å². The lowest BCUT2D eigenvalue weighted by atomic mass is 10.2. The summed E-state index contributed by atoms with van der Waals surface area (Å²) in [5.41, 5.74) is -1.07. The maximum Gasteiger partial charge on any atom is 0.420 e. The maximum absolute atomic E-state index is 13.5. The van der Waals surface area contributed by atoms with Gasteiger partial charge in [-0.05, 0) is 25.6 Å². The summed E-state index contributed by atoms with van der Waals surface area (Å²) in [5.74, 6) is -0.253. The van der Waals surface area contributed by atoms with Crippen LogP contribution in [0.3, 0.4) is 0 Å². The number of rotatable bonds is 6. The molecule has 2 rings (SSSR count). The fourth-order valence-electron chi connectivity index (χ4n) is 2.81. The average molecular weight is 396 g/mol. The minimum Gasteiger partial charge on any atom is -0.395 e. The molecule has 1 aromatic rings. The molecule has 1 aromatic heterocycles. The molecule has 1 aliphatic rings. The largest absolute Gasteiger partial charge is 0.420 e. The molecule has 1 fully saturated rings. The fraction of sp³-hybridized carbons (Fsp3) is 0.667. The second-order valence-electron chi connectivity index (χ2n) is 5.94. The predicted octanol–water partition coefficient (Wildman–Crippen LogP) is 0.903. The van der Waals surface area contributed by atoms with E-state index in [0.717, 1.165) is 19.3 Å². The van der Waals surface area contributed by atoms with Gasteiger partial charge in [0.05, 0.1) is 12.2 Å². The number of alkyl halides is 3. The highest BCUT2D eigenvalue weighted by Crippen LogP contribution is 2.37. The zero-order valence-electron chi connectivity index (χ0n) is 14.5. The Kier molecular flexibility index (Phi) is 6.83. The van der Waals surface area contributed by atoms with Crippen LogP contribution in [-0.2, 0) is 16.2 Å². The number of aliphatic hydroxyl groups excluding tert-OH is 1. The highest BCUT2D eigenvalue weighted by Gasteiger charge is 2.37. The van der Waals surface area contributed by atoms with Crippen LogP contribution in [0.4, 0.5) is 19.0 Å². The Bertz CT molecular complexity index is 713. The van der Waals surface area contributed by atoms with Crippen LogP contribution in [0.15, 0.2) is 17.2 Å². The SMILES string of the molecule is CCN1CCCN(c2ncc(S(=O)(=O)NCCO)cc2C(F)(F)F)CC1. The van der Waals surface area contributed by atoms with E-state index in [1.807, 2.05) is 11.6 Å². The fourth-order valence-corrected chi connectivity index (χ4v) is 3.80. The third kappa shape index (κ3) is 5.06. The topological polar surface area (TPSA) is 85.8 Å². The Balaban J connectivity index is 2.38. The predicted molar refractivity (Wildman–Crippen MR) is 90.5 cm³/mol. The summed E-state index contributed by atoms with van der Waals surface area (Å²) >= 11 is 0. The van der Waals surface area contributed by atoms with Crippen molar-refractivity contribution in [1.29, 1.82) is 0 Å². The van der Waals surface area contributed by atoms with Crippen LogP contribution in [0.25, 0.3) is 0 Å². The smallest absolute Gasteiger partial charge is 0.395 e. The summed E-state index contributed by atoms with van der Waals surface area (Å²) in [7, 11) is -4.17. The van der Waals surface area contributed by atoms with E-state index >= 15 is 0 Å². The van der Waals surface area contributed by atoms with E-state index in [4.69, 9.17) is 5.11 Å². The molecule has 0 radical (unpaired) electrons. The molecule has 0 aromatic carbocycles. The zero-order chi connectivity index (χ0) is 19.4. The summed E-state index contributed by atoms with van der Waals surface area (Å²) in [6, 6.07) is 0.602. The summed E-state index contributed by atoms with van der Waals surface area (Å²) in [6.45, 7) is 4.29. The number of likely N-dealkylation sites (N-methyl/N-ethyl adjacent to an activating group) is 1. The molecular formula is C15H23F3N4O3S. The summed E-state index contributed by atoms with van der Waals surface area (Å²) in [5, 5.41) is 8.71. The van der Waals surface area contributed by atoms with Crippen molar-refractivity contribution in [1.82, 2.24) is 14.6 Å². The molecule has 11 heteroatoms. The first kappa shape index (κ1) is 20.9. The van der Waals surface area contributed by atoms with E-state index in [-0.39, 0.29) is 12.4 Å². The van der Waals surface area contributed by atoms with Gasteiger partial charge in [-0.1, -0.05) is 6.92 Å². The van der Waals surface area contributed by atoms with Crippen molar-refractivity contribution in [3.8, 4) is 0 Å². The highest BCUT2D eigenvalue weighted by atomic mass is 32.2. The molecule has 26 heavy (non-hydrogen) atoms. The van der Waals surface area contributed by atoms with Gasteiger partial charge in [0.2, 0.25) is 10.0 Å². The van der Waals surface area contributed by atoms with E-state index in [2.05, 4.69) is 9.88 Å². The number of aliphatic hydroxyl groups is 1. The maximum atomic E-state index is 13.5. The van der Waals surface area contributed by atoms with Crippen LogP contribution >= 0.6 is 0 Å². The monoisotopic (exact) mass is 396 g/mol. The van der Waals surface area contributed by atoms with Crippen LogP contribution < -0.4 is 9.62 Å². The summed E-state index contributed by atoms with van der Waals surface area (Å²) in [6.07, 6.45) is -3.11. The van der Waals surface area contributed by atoms with E-state index in [0.29, 0.717) is 32.1 Å². The number of anilines is 1. The Labute approximate surface area is 150 Å². The lowest BCUT2D eigenvalue weighted by Crippen LogP contribution is -2.33. The number of hydrogen-bond acceptors (Lipinski definition) is 6. The van der Waals surface area contributed by atoms with E-state index in [1.54, 1.807) is 4.90 Å². The van der Waals surface area contributed by atoms with Crippen molar-refractivity contribution >= 4 is 15.8 Å². The molecule has 0 unspecified atom stereocenters. The molecule has 1 saturated heterocycles. The first-order valence-electron chi connectivity index (χ1n) is 8.34. The first-order chi connectivity index (χ1) is 12.2. The van der Waals surface area contributed by atoms with Gasteiger partial charge in [0.1, 0.15) is 10.7 Å². The molecule has 0 bridgehead atoms. The minimum atomic E-state index is -4.73. The third-order valence-electron chi connectivity index (χ3n) is 4.20. The number of halogens is 3. The van der Waals surface area contributed by atoms with Crippen molar-refractivity contribution in [2.24, 2.45) is 0 Å². The molecular weight excluding hydrogens is 373 g/mol. The molecule has 148 valence electrons.